The highest BCUT2D eigenvalue weighted by Crippen LogP contribution is 2.26. The molecule has 2 heterocycles. The van der Waals surface area contributed by atoms with E-state index in [0.717, 1.165) is 48.7 Å². The number of ether oxygens (including phenoxy) is 1. The lowest BCUT2D eigenvalue weighted by molar-refractivity contribution is 0.156. The highest BCUT2D eigenvalue weighted by Gasteiger charge is 2.22. The van der Waals surface area contributed by atoms with Crippen molar-refractivity contribution in [2.45, 2.75) is 25.9 Å². The topological polar surface area (TPSA) is 30.3 Å². The lowest BCUT2D eigenvalue weighted by Crippen LogP contribution is -2.31. The molecule has 0 amide bonds. The van der Waals surface area contributed by atoms with Crippen molar-refractivity contribution >= 4 is 0 Å². The molecule has 3 aromatic rings. The number of hydrogen-bond acceptors (Lipinski definition) is 3. The Morgan fingerprint density at radius 1 is 1.22 bits per heavy atom. The van der Waals surface area contributed by atoms with Gasteiger partial charge in [-0.15, -0.1) is 0 Å². The van der Waals surface area contributed by atoms with E-state index in [1.54, 1.807) is 12.1 Å². The van der Waals surface area contributed by atoms with Crippen LogP contribution in [-0.4, -0.2) is 41.0 Å². The first-order valence-electron chi connectivity index (χ1n) is 9.29. The summed E-state index contributed by atoms with van der Waals surface area (Å²) in [7, 11) is 2.11. The van der Waals surface area contributed by atoms with Gasteiger partial charge >= 0.3 is 0 Å². The fraction of sp³-hybridized carbons (Fsp3) is 0.318. The van der Waals surface area contributed by atoms with Crippen molar-refractivity contribution in [2.75, 3.05) is 20.3 Å². The first kappa shape index (κ1) is 17.9. The molecule has 1 fully saturated rings. The van der Waals surface area contributed by atoms with Crippen LogP contribution in [0.15, 0.2) is 54.7 Å². The van der Waals surface area contributed by atoms with Crippen LogP contribution in [-0.2, 0) is 11.3 Å². The summed E-state index contributed by atoms with van der Waals surface area (Å²) in [4.78, 5) is 2.30. The maximum Gasteiger partial charge on any atom is 0.123 e. The molecule has 1 aliphatic rings. The van der Waals surface area contributed by atoms with Gasteiger partial charge in [0.2, 0.25) is 0 Å². The smallest absolute Gasteiger partial charge is 0.123 e. The number of likely N-dealkylation sites (N-methyl/N-ethyl adjacent to an activating group) is 1. The zero-order valence-corrected chi connectivity index (χ0v) is 15.7. The van der Waals surface area contributed by atoms with E-state index >= 15 is 0 Å². The van der Waals surface area contributed by atoms with Crippen molar-refractivity contribution < 1.29 is 9.13 Å². The average Bonchev–Trinajstić information content (AvgIpc) is 3.32. The third-order valence-corrected chi connectivity index (χ3v) is 5.10. The Bertz CT molecular complexity index is 931. The van der Waals surface area contributed by atoms with Gasteiger partial charge in [0.05, 0.1) is 18.0 Å². The van der Waals surface area contributed by atoms with Crippen LogP contribution >= 0.6 is 0 Å². The Kier molecular flexibility index (Phi) is 5.05. The van der Waals surface area contributed by atoms with Crippen molar-refractivity contribution in [1.82, 2.24) is 14.7 Å². The number of nitrogens with zero attached hydrogens (tertiary/aromatic N) is 3. The van der Waals surface area contributed by atoms with Crippen molar-refractivity contribution in [3.8, 4) is 16.9 Å². The minimum absolute atomic E-state index is 0.249. The van der Waals surface area contributed by atoms with Crippen molar-refractivity contribution in [3.63, 3.8) is 0 Å². The molecule has 4 nitrogen and oxygen atoms in total. The summed E-state index contributed by atoms with van der Waals surface area (Å²) in [5, 5.41) is 4.80. The molecule has 0 saturated carbocycles. The number of hydrogen-bond donors (Lipinski definition) is 0. The summed E-state index contributed by atoms with van der Waals surface area (Å²) in [5.41, 5.74) is 4.88. The van der Waals surface area contributed by atoms with E-state index in [9.17, 15) is 4.39 Å². The lowest BCUT2D eigenvalue weighted by atomic mass is 10.1. The predicted octanol–water partition coefficient (Wildman–Crippen LogP) is 4.21. The van der Waals surface area contributed by atoms with Gasteiger partial charge in [-0.05, 0) is 50.2 Å². The van der Waals surface area contributed by atoms with Crippen LogP contribution in [0.1, 0.15) is 17.5 Å². The Hall–Kier alpha value is -2.50. The second kappa shape index (κ2) is 7.62. The van der Waals surface area contributed by atoms with E-state index in [2.05, 4.69) is 37.2 Å². The summed E-state index contributed by atoms with van der Waals surface area (Å²) in [6.45, 7) is 4.38. The number of benzene rings is 2. The molecular formula is C22H24FN3O. The van der Waals surface area contributed by atoms with Crippen LogP contribution in [0.2, 0.25) is 0 Å². The van der Waals surface area contributed by atoms with Crippen molar-refractivity contribution in [1.29, 1.82) is 0 Å². The molecule has 0 aliphatic carbocycles. The van der Waals surface area contributed by atoms with Crippen LogP contribution in [0.25, 0.3) is 16.9 Å². The standard InChI is InChI=1S/C22H24FN3O/c1-16-5-3-8-20(11-16)26-14-18(13-25(2)21-9-10-27-15-21)22(24-26)17-6-4-7-19(23)12-17/h3-8,11-12,14,21H,9-10,13,15H2,1-2H3. The SMILES string of the molecule is Cc1cccc(-n2cc(CN(C)C3CCOC3)c(-c3cccc(F)c3)n2)c1. The lowest BCUT2D eigenvalue weighted by Gasteiger charge is -2.22. The fourth-order valence-corrected chi connectivity index (χ4v) is 3.57. The highest BCUT2D eigenvalue weighted by molar-refractivity contribution is 5.63. The second-order valence-corrected chi connectivity index (χ2v) is 7.23. The van der Waals surface area contributed by atoms with E-state index in [1.165, 1.54) is 11.6 Å². The largest absolute Gasteiger partial charge is 0.380 e. The van der Waals surface area contributed by atoms with E-state index in [-0.39, 0.29) is 5.82 Å². The van der Waals surface area contributed by atoms with Crippen molar-refractivity contribution in [3.05, 3.63) is 71.7 Å². The molecule has 1 atom stereocenters. The molecule has 27 heavy (non-hydrogen) atoms. The third kappa shape index (κ3) is 3.94. The van der Waals surface area contributed by atoms with Crippen LogP contribution in [0.5, 0.6) is 0 Å². The van der Waals surface area contributed by atoms with Gasteiger partial charge in [-0.1, -0.05) is 24.3 Å². The van der Waals surface area contributed by atoms with Gasteiger partial charge in [0, 0.05) is 36.5 Å². The molecule has 0 spiro atoms. The number of aromatic nitrogens is 2. The molecule has 1 aliphatic heterocycles. The summed E-state index contributed by atoms with van der Waals surface area (Å²) in [6.07, 6.45) is 3.10. The monoisotopic (exact) mass is 365 g/mol. The maximum atomic E-state index is 13.8. The molecular weight excluding hydrogens is 341 g/mol. The maximum absolute atomic E-state index is 13.8. The predicted molar refractivity (Wildman–Crippen MR) is 104 cm³/mol. The Labute approximate surface area is 159 Å². The quantitative estimate of drug-likeness (QED) is 0.679. The zero-order chi connectivity index (χ0) is 18.8. The normalized spacial score (nSPS) is 17.0. The van der Waals surface area contributed by atoms with Gasteiger partial charge in [-0.2, -0.15) is 5.10 Å². The van der Waals surface area contributed by atoms with Crippen molar-refractivity contribution in [2.24, 2.45) is 0 Å². The van der Waals surface area contributed by atoms with Gasteiger partial charge < -0.3 is 4.74 Å². The highest BCUT2D eigenvalue weighted by atomic mass is 19.1. The fourth-order valence-electron chi connectivity index (χ4n) is 3.57. The number of rotatable bonds is 5. The van der Waals surface area contributed by atoms with E-state index in [4.69, 9.17) is 9.84 Å². The van der Waals surface area contributed by atoms with Crippen LogP contribution in [0.3, 0.4) is 0 Å². The van der Waals surface area contributed by atoms with E-state index in [1.807, 2.05) is 22.9 Å². The van der Waals surface area contributed by atoms with E-state index < -0.39 is 0 Å². The molecule has 1 unspecified atom stereocenters. The van der Waals surface area contributed by atoms with Crippen LogP contribution in [0.4, 0.5) is 4.39 Å². The minimum Gasteiger partial charge on any atom is -0.380 e. The molecule has 1 aromatic heterocycles. The summed E-state index contributed by atoms with van der Waals surface area (Å²) >= 11 is 0. The van der Waals surface area contributed by atoms with Gasteiger partial charge in [0.15, 0.2) is 0 Å². The molecule has 5 heteroatoms. The van der Waals surface area contributed by atoms with Gasteiger partial charge in [-0.25, -0.2) is 9.07 Å². The van der Waals surface area contributed by atoms with Crippen LogP contribution in [0, 0.1) is 12.7 Å². The van der Waals surface area contributed by atoms with Gasteiger partial charge in [-0.3, -0.25) is 4.90 Å². The summed E-state index contributed by atoms with van der Waals surface area (Å²) in [6, 6.07) is 15.3. The molecule has 1 saturated heterocycles. The third-order valence-electron chi connectivity index (χ3n) is 5.10. The summed E-state index contributed by atoms with van der Waals surface area (Å²) < 4.78 is 21.2. The van der Waals surface area contributed by atoms with Gasteiger partial charge in [0.1, 0.15) is 5.82 Å². The minimum atomic E-state index is -0.249. The Balaban J connectivity index is 1.73. The summed E-state index contributed by atoms with van der Waals surface area (Å²) in [5.74, 6) is -0.249. The second-order valence-electron chi connectivity index (χ2n) is 7.23. The van der Waals surface area contributed by atoms with Gasteiger partial charge in [0.25, 0.3) is 0 Å². The number of aryl methyl sites for hydroxylation is 1. The molecule has 140 valence electrons. The molecule has 4 rings (SSSR count). The molecule has 0 N–H and O–H groups in total. The van der Waals surface area contributed by atoms with Crippen LogP contribution < -0.4 is 0 Å². The number of halogens is 1. The molecule has 2 aromatic carbocycles. The molecule has 0 bridgehead atoms. The Morgan fingerprint density at radius 3 is 2.81 bits per heavy atom. The zero-order valence-electron chi connectivity index (χ0n) is 15.7. The average molecular weight is 365 g/mol. The Morgan fingerprint density at radius 2 is 2.07 bits per heavy atom. The van der Waals surface area contributed by atoms with E-state index in [0.29, 0.717) is 6.04 Å². The first-order chi connectivity index (χ1) is 13.1. The first-order valence-corrected chi connectivity index (χ1v) is 9.29. The molecule has 0 radical (unpaired) electrons.